The van der Waals surface area contributed by atoms with Crippen molar-refractivity contribution < 1.29 is 4.74 Å². The molecule has 7 heteroatoms. The van der Waals surface area contributed by atoms with Crippen molar-refractivity contribution in [3.63, 3.8) is 0 Å². The number of hydrogen-bond donors (Lipinski definition) is 0. The molecule has 2 aromatic heterocycles. The van der Waals surface area contributed by atoms with E-state index < -0.39 is 0 Å². The second-order valence-corrected chi connectivity index (χ2v) is 4.24. The lowest BCUT2D eigenvalue weighted by Gasteiger charge is -2.06. The lowest BCUT2D eigenvalue weighted by molar-refractivity contribution is 0.459. The molecule has 2 heterocycles. The highest BCUT2D eigenvalue weighted by atomic mass is 79.9. The molecule has 0 N–H and O–H groups in total. The molecule has 0 saturated carbocycles. The third-order valence-electron chi connectivity index (χ3n) is 1.62. The molecule has 0 saturated heterocycles. The molecule has 16 heavy (non-hydrogen) atoms. The van der Waals surface area contributed by atoms with Crippen LogP contribution in [0.5, 0.6) is 11.6 Å². The zero-order valence-corrected chi connectivity index (χ0v) is 10.8. The predicted molar refractivity (Wildman–Crippen MR) is 64.1 cm³/mol. The summed E-state index contributed by atoms with van der Waals surface area (Å²) in [7, 11) is 0. The maximum absolute atomic E-state index is 5.90. The Kier molecular flexibility index (Phi) is 3.58. The van der Waals surface area contributed by atoms with Crippen molar-refractivity contribution in [2.75, 3.05) is 0 Å². The summed E-state index contributed by atoms with van der Waals surface area (Å²) in [6.07, 6.45) is 4.48. The summed E-state index contributed by atoms with van der Waals surface area (Å²) in [6.45, 7) is 0. The third kappa shape index (κ3) is 2.61. The van der Waals surface area contributed by atoms with Crippen LogP contribution in [0.2, 0.25) is 10.2 Å². The fourth-order valence-corrected chi connectivity index (χ4v) is 1.45. The van der Waals surface area contributed by atoms with E-state index in [0.29, 0.717) is 16.2 Å². The second kappa shape index (κ2) is 4.95. The van der Waals surface area contributed by atoms with E-state index in [9.17, 15) is 0 Å². The molecule has 82 valence electrons. The van der Waals surface area contributed by atoms with E-state index in [1.165, 1.54) is 18.6 Å². The zero-order valence-electron chi connectivity index (χ0n) is 7.69. The first-order valence-electron chi connectivity index (χ1n) is 4.12. The normalized spacial score (nSPS) is 10.2. The summed E-state index contributed by atoms with van der Waals surface area (Å²) in [6, 6.07) is 1.60. The number of aromatic nitrogens is 3. The number of nitrogens with zero attached hydrogens (tertiary/aromatic N) is 3. The van der Waals surface area contributed by atoms with Gasteiger partial charge in [0.05, 0.1) is 12.4 Å². The molecule has 2 aromatic rings. The van der Waals surface area contributed by atoms with Crippen molar-refractivity contribution >= 4 is 39.1 Å². The molecule has 0 amide bonds. The summed E-state index contributed by atoms with van der Waals surface area (Å²) in [5.74, 6) is 0.714. The van der Waals surface area contributed by atoms with Gasteiger partial charge in [0.15, 0.2) is 10.9 Å². The summed E-state index contributed by atoms with van der Waals surface area (Å²) < 4.78 is 6.02. The molecule has 0 aliphatic heterocycles. The van der Waals surface area contributed by atoms with Crippen LogP contribution in [-0.2, 0) is 0 Å². The Labute approximate surface area is 110 Å². The van der Waals surface area contributed by atoms with Gasteiger partial charge in [-0.15, -0.1) is 0 Å². The van der Waals surface area contributed by atoms with Crippen molar-refractivity contribution in [2.24, 2.45) is 0 Å². The SMILES string of the molecule is Clc1nccc(Oc2cnc(Br)cn2)c1Cl. The van der Waals surface area contributed by atoms with Crippen LogP contribution < -0.4 is 4.74 Å². The first kappa shape index (κ1) is 11.6. The van der Waals surface area contributed by atoms with Crippen LogP contribution in [0.4, 0.5) is 0 Å². The van der Waals surface area contributed by atoms with Gasteiger partial charge < -0.3 is 4.74 Å². The van der Waals surface area contributed by atoms with Crippen LogP contribution >= 0.6 is 39.1 Å². The largest absolute Gasteiger partial charge is 0.436 e. The number of pyridine rings is 1. The van der Waals surface area contributed by atoms with Gasteiger partial charge in [0, 0.05) is 12.3 Å². The van der Waals surface area contributed by atoms with Crippen molar-refractivity contribution in [3.05, 3.63) is 39.4 Å². The van der Waals surface area contributed by atoms with Gasteiger partial charge in [-0.05, 0) is 15.9 Å². The van der Waals surface area contributed by atoms with Crippen LogP contribution in [0.1, 0.15) is 0 Å². The number of hydrogen-bond acceptors (Lipinski definition) is 4. The highest BCUT2D eigenvalue weighted by Crippen LogP contribution is 2.32. The van der Waals surface area contributed by atoms with Crippen LogP contribution in [-0.4, -0.2) is 15.0 Å². The topological polar surface area (TPSA) is 47.9 Å². The maximum atomic E-state index is 5.90. The molecule has 0 aromatic carbocycles. The van der Waals surface area contributed by atoms with Gasteiger partial charge in [0.25, 0.3) is 0 Å². The Morgan fingerprint density at radius 2 is 1.94 bits per heavy atom. The molecular formula is C9H4BrCl2N3O. The van der Waals surface area contributed by atoms with Gasteiger partial charge in [-0.25, -0.2) is 15.0 Å². The molecule has 0 fully saturated rings. The summed E-state index contributed by atoms with van der Waals surface area (Å²) in [5, 5.41) is 0.429. The average molecular weight is 321 g/mol. The van der Waals surface area contributed by atoms with E-state index in [2.05, 4.69) is 30.9 Å². The molecular weight excluding hydrogens is 317 g/mol. The molecule has 0 radical (unpaired) electrons. The highest BCUT2D eigenvalue weighted by molar-refractivity contribution is 9.10. The lowest BCUT2D eigenvalue weighted by Crippen LogP contribution is -1.91. The van der Waals surface area contributed by atoms with Gasteiger partial charge >= 0.3 is 0 Å². The van der Waals surface area contributed by atoms with Gasteiger partial charge in [-0.1, -0.05) is 23.2 Å². The fraction of sp³-hybridized carbons (Fsp3) is 0. The van der Waals surface area contributed by atoms with Gasteiger partial charge in [-0.3, -0.25) is 0 Å². The minimum atomic E-state index is 0.184. The minimum absolute atomic E-state index is 0.184. The van der Waals surface area contributed by atoms with Gasteiger partial charge in [0.1, 0.15) is 9.63 Å². The maximum Gasteiger partial charge on any atom is 0.237 e. The van der Waals surface area contributed by atoms with Crippen LogP contribution in [0, 0.1) is 0 Å². The number of rotatable bonds is 2. The Morgan fingerprint density at radius 1 is 1.12 bits per heavy atom. The standard InChI is InChI=1S/C9H4BrCl2N3O/c10-6-3-15-7(4-14-6)16-5-1-2-13-9(12)8(5)11/h1-4H. The van der Waals surface area contributed by atoms with E-state index in [4.69, 9.17) is 27.9 Å². The predicted octanol–water partition coefficient (Wildman–Crippen LogP) is 3.73. The van der Waals surface area contributed by atoms with E-state index in [0.717, 1.165) is 0 Å². The third-order valence-corrected chi connectivity index (χ3v) is 2.78. The Balaban J connectivity index is 2.27. The smallest absolute Gasteiger partial charge is 0.237 e. The quantitative estimate of drug-likeness (QED) is 0.791. The summed E-state index contributed by atoms with van der Waals surface area (Å²) in [5.41, 5.74) is 0. The lowest BCUT2D eigenvalue weighted by atomic mass is 10.4. The molecule has 0 bridgehead atoms. The number of halogens is 3. The Bertz CT molecular complexity index is 507. The monoisotopic (exact) mass is 319 g/mol. The van der Waals surface area contributed by atoms with Crippen molar-refractivity contribution in [1.29, 1.82) is 0 Å². The molecule has 0 atom stereocenters. The first-order valence-corrected chi connectivity index (χ1v) is 5.67. The zero-order chi connectivity index (χ0) is 11.5. The molecule has 0 aliphatic carbocycles. The molecule has 2 rings (SSSR count). The summed E-state index contributed by atoms with van der Waals surface area (Å²) in [4.78, 5) is 11.8. The Hall–Kier alpha value is -0.910. The minimum Gasteiger partial charge on any atom is -0.436 e. The van der Waals surface area contributed by atoms with E-state index in [-0.39, 0.29) is 10.2 Å². The van der Waals surface area contributed by atoms with Crippen LogP contribution in [0.3, 0.4) is 0 Å². The summed E-state index contributed by atoms with van der Waals surface area (Å²) >= 11 is 14.8. The average Bonchev–Trinajstić information content (AvgIpc) is 2.28. The Morgan fingerprint density at radius 3 is 2.62 bits per heavy atom. The molecule has 0 spiro atoms. The van der Waals surface area contributed by atoms with Gasteiger partial charge in [-0.2, -0.15) is 0 Å². The molecule has 0 aliphatic rings. The van der Waals surface area contributed by atoms with Crippen LogP contribution in [0.15, 0.2) is 29.3 Å². The number of ether oxygens (including phenoxy) is 1. The highest BCUT2D eigenvalue weighted by Gasteiger charge is 2.08. The van der Waals surface area contributed by atoms with Crippen molar-refractivity contribution in [3.8, 4) is 11.6 Å². The molecule has 0 unspecified atom stereocenters. The second-order valence-electron chi connectivity index (χ2n) is 2.69. The first-order chi connectivity index (χ1) is 7.66. The van der Waals surface area contributed by atoms with Crippen molar-refractivity contribution in [2.45, 2.75) is 0 Å². The van der Waals surface area contributed by atoms with Crippen molar-refractivity contribution in [1.82, 2.24) is 15.0 Å². The van der Waals surface area contributed by atoms with E-state index >= 15 is 0 Å². The van der Waals surface area contributed by atoms with E-state index in [1.807, 2.05) is 0 Å². The molecule has 4 nitrogen and oxygen atoms in total. The van der Waals surface area contributed by atoms with E-state index in [1.54, 1.807) is 6.07 Å². The van der Waals surface area contributed by atoms with Crippen LogP contribution in [0.25, 0.3) is 0 Å². The fourth-order valence-electron chi connectivity index (χ4n) is 0.947. The van der Waals surface area contributed by atoms with Gasteiger partial charge in [0.2, 0.25) is 5.88 Å².